The first-order valence-corrected chi connectivity index (χ1v) is 19.0. The lowest BCUT2D eigenvalue weighted by Crippen LogP contribution is -2.78. The van der Waals surface area contributed by atoms with Gasteiger partial charge in [0.2, 0.25) is 5.91 Å². The maximum Gasteiger partial charge on any atom is 0.280 e. The molecule has 0 aromatic carbocycles. The fourth-order valence-electron chi connectivity index (χ4n) is 5.91. The molecule has 0 radical (unpaired) electrons. The minimum atomic E-state index is -2.39. The molecule has 4 heterocycles. The Labute approximate surface area is 266 Å². The molecule has 0 aromatic heterocycles. The molecule has 4 aliphatic heterocycles. The number of hydrogen-bond acceptors (Lipinski definition) is 16. The van der Waals surface area contributed by atoms with Gasteiger partial charge in [-0.15, -0.1) is 0 Å². The molecule has 2 amide bonds. The summed E-state index contributed by atoms with van der Waals surface area (Å²) in [5.41, 5.74) is 0. The number of rotatable bonds is 11. The highest BCUT2D eigenvalue weighted by Crippen LogP contribution is 2.40. The standard InChI is InChI=1S/C27H48N2O16Si/c1-11(32)28-16-12(33)7-27(44-22(16)18(35)13(34)8-30)26(39)29-17-23(45-27)20(37)14(9-31)42-24(17)43-15-10-41-25(21(38)19(15)36)40-5-6-46(2,3)4/h12-25,30-31,33-38H,5-10H2,1-4H3,(H,28,32)(H,29,39)/t12?,13-,14?,15-,16?,17-,18-,19+,20?,21-,22?,23-,24+,25-,27-/m1/s1. The van der Waals surface area contributed by atoms with E-state index < -0.39 is 131 Å². The first-order chi connectivity index (χ1) is 21.5. The zero-order chi connectivity index (χ0) is 34.1. The number of nitrogens with one attached hydrogen (secondary N) is 2. The van der Waals surface area contributed by atoms with Crippen molar-refractivity contribution < 1.29 is 78.9 Å². The maximum atomic E-state index is 13.6. The summed E-state index contributed by atoms with van der Waals surface area (Å²) in [5, 5.41) is 88.7. The van der Waals surface area contributed by atoms with Crippen molar-refractivity contribution in [2.24, 2.45) is 0 Å². The van der Waals surface area contributed by atoms with Gasteiger partial charge in [-0.1, -0.05) is 19.6 Å². The number of ether oxygens (including phenoxy) is 6. The number of aliphatic hydroxyl groups is 8. The Balaban J connectivity index is 1.52. The van der Waals surface area contributed by atoms with Crippen LogP contribution in [0, 0.1) is 0 Å². The van der Waals surface area contributed by atoms with Crippen LogP contribution in [0.1, 0.15) is 13.3 Å². The molecular formula is C27H48N2O16Si. The second-order valence-electron chi connectivity index (χ2n) is 13.4. The molecule has 46 heavy (non-hydrogen) atoms. The lowest BCUT2D eigenvalue weighted by atomic mass is 9.86. The molecule has 266 valence electrons. The summed E-state index contributed by atoms with van der Waals surface area (Å²) in [7, 11) is -1.43. The van der Waals surface area contributed by atoms with E-state index in [1.54, 1.807) is 0 Å². The van der Waals surface area contributed by atoms with Gasteiger partial charge in [-0.25, -0.2) is 0 Å². The predicted octanol–water partition coefficient (Wildman–Crippen LogP) is -5.17. The van der Waals surface area contributed by atoms with Crippen molar-refractivity contribution >= 4 is 19.9 Å². The molecule has 0 bridgehead atoms. The summed E-state index contributed by atoms with van der Waals surface area (Å²) >= 11 is 0. The SMILES string of the molecule is CC(=O)NC1C(O)C[C@@]2(OC1[C@H](O)[C@H](O)CO)O[C@H]1C(O)C(CO)O[C@@H](O[C@@H]3CO[C@@H](OCC[Si](C)(C)C)[C@H](O)[C@H]3O)[C@@H]1NC2=O. The normalized spacial score (nSPS) is 43.0. The van der Waals surface area contributed by atoms with Gasteiger partial charge >= 0.3 is 0 Å². The van der Waals surface area contributed by atoms with Crippen LogP contribution in [-0.2, 0) is 38.0 Å². The third-order valence-electron chi connectivity index (χ3n) is 8.56. The van der Waals surface area contributed by atoms with Gasteiger partial charge < -0.3 is 79.9 Å². The number of carbonyl (C=O) groups is 2. The zero-order valence-corrected chi connectivity index (χ0v) is 27.2. The lowest BCUT2D eigenvalue weighted by Gasteiger charge is -2.55. The first-order valence-electron chi connectivity index (χ1n) is 15.3. The van der Waals surface area contributed by atoms with Gasteiger partial charge in [0.15, 0.2) is 12.6 Å². The maximum absolute atomic E-state index is 13.6. The van der Waals surface area contributed by atoms with Crippen molar-refractivity contribution in [3.05, 3.63) is 0 Å². The molecule has 10 N–H and O–H groups in total. The summed E-state index contributed by atoms with van der Waals surface area (Å²) in [6.07, 6.45) is -18.7. The van der Waals surface area contributed by atoms with E-state index in [2.05, 4.69) is 30.3 Å². The first kappa shape index (κ1) is 37.4. The molecule has 4 saturated heterocycles. The molecule has 18 nitrogen and oxygen atoms in total. The summed E-state index contributed by atoms with van der Waals surface area (Å²) in [5.74, 6) is -4.01. The lowest BCUT2D eigenvalue weighted by molar-refractivity contribution is -0.373. The number of hydrogen-bond donors (Lipinski definition) is 10. The average molecular weight is 685 g/mol. The van der Waals surface area contributed by atoms with Crippen molar-refractivity contribution in [2.45, 2.75) is 131 Å². The Bertz CT molecular complexity index is 1050. The largest absolute Gasteiger partial charge is 0.394 e. The van der Waals surface area contributed by atoms with E-state index >= 15 is 0 Å². The fourth-order valence-corrected chi connectivity index (χ4v) is 6.64. The molecule has 4 rings (SSSR count). The highest BCUT2D eigenvalue weighted by atomic mass is 28.3. The van der Waals surface area contributed by atoms with Gasteiger partial charge in [0.05, 0.1) is 32.0 Å². The van der Waals surface area contributed by atoms with Crippen molar-refractivity contribution in [1.29, 1.82) is 0 Å². The second-order valence-corrected chi connectivity index (χ2v) is 19.0. The Kier molecular flexibility index (Phi) is 12.2. The van der Waals surface area contributed by atoms with Gasteiger partial charge in [0.25, 0.3) is 11.7 Å². The molecule has 5 unspecified atom stereocenters. The number of morpholine rings is 1. The van der Waals surface area contributed by atoms with Crippen LogP contribution in [0.4, 0.5) is 0 Å². The quantitative estimate of drug-likeness (QED) is 0.0911. The van der Waals surface area contributed by atoms with Crippen LogP contribution in [0.15, 0.2) is 0 Å². The molecule has 15 atom stereocenters. The summed E-state index contributed by atoms with van der Waals surface area (Å²) < 4.78 is 34.7. The minimum absolute atomic E-state index is 0.245. The van der Waals surface area contributed by atoms with Crippen LogP contribution in [0.5, 0.6) is 0 Å². The highest BCUT2D eigenvalue weighted by Gasteiger charge is 2.63. The van der Waals surface area contributed by atoms with E-state index in [1.807, 2.05) is 0 Å². The average Bonchev–Trinajstić information content (AvgIpc) is 2.98. The molecule has 1 spiro atoms. The zero-order valence-electron chi connectivity index (χ0n) is 26.2. The van der Waals surface area contributed by atoms with Crippen LogP contribution in [0.25, 0.3) is 0 Å². The van der Waals surface area contributed by atoms with Crippen LogP contribution in [0.2, 0.25) is 25.7 Å². The van der Waals surface area contributed by atoms with Crippen molar-refractivity contribution in [3.8, 4) is 0 Å². The van der Waals surface area contributed by atoms with E-state index in [0.29, 0.717) is 6.61 Å². The van der Waals surface area contributed by atoms with Crippen molar-refractivity contribution in [2.75, 3.05) is 26.4 Å². The number of amides is 2. The van der Waals surface area contributed by atoms with E-state index in [-0.39, 0.29) is 6.61 Å². The van der Waals surface area contributed by atoms with Crippen LogP contribution >= 0.6 is 0 Å². The molecule has 19 heteroatoms. The van der Waals surface area contributed by atoms with E-state index in [9.17, 15) is 50.4 Å². The second kappa shape index (κ2) is 15.0. The molecule has 4 aliphatic rings. The van der Waals surface area contributed by atoms with Gasteiger partial charge in [-0.2, -0.15) is 0 Å². The van der Waals surface area contributed by atoms with E-state index in [4.69, 9.17) is 28.4 Å². The van der Waals surface area contributed by atoms with Gasteiger partial charge in [0, 0.05) is 28.0 Å². The minimum Gasteiger partial charge on any atom is -0.394 e. The summed E-state index contributed by atoms with van der Waals surface area (Å²) in [6, 6.07) is -1.82. The monoisotopic (exact) mass is 684 g/mol. The van der Waals surface area contributed by atoms with Crippen LogP contribution in [-0.4, -0.2) is 179 Å². The van der Waals surface area contributed by atoms with Gasteiger partial charge in [-0.3, -0.25) is 9.59 Å². The van der Waals surface area contributed by atoms with Crippen molar-refractivity contribution in [3.63, 3.8) is 0 Å². The molecular weight excluding hydrogens is 636 g/mol. The Hall–Kier alpha value is -1.40. The summed E-state index contributed by atoms with van der Waals surface area (Å²) in [4.78, 5) is 25.4. The summed E-state index contributed by atoms with van der Waals surface area (Å²) in [6.45, 7) is 6.04. The molecule has 0 aliphatic carbocycles. The fraction of sp³-hybridized carbons (Fsp3) is 0.926. The third-order valence-corrected chi connectivity index (χ3v) is 10.3. The third kappa shape index (κ3) is 8.07. The molecule has 4 fully saturated rings. The van der Waals surface area contributed by atoms with E-state index in [1.165, 1.54) is 0 Å². The Morgan fingerprint density at radius 2 is 1.78 bits per heavy atom. The van der Waals surface area contributed by atoms with Crippen LogP contribution < -0.4 is 10.6 Å². The topological polar surface area (TPSA) is 275 Å². The number of fused-ring (bicyclic) bond motifs is 1. The predicted molar refractivity (Wildman–Crippen MR) is 154 cm³/mol. The molecule has 0 saturated carbocycles. The Morgan fingerprint density at radius 1 is 1.09 bits per heavy atom. The van der Waals surface area contributed by atoms with E-state index in [0.717, 1.165) is 13.0 Å². The highest BCUT2D eigenvalue weighted by molar-refractivity contribution is 6.76. The smallest absolute Gasteiger partial charge is 0.280 e. The van der Waals surface area contributed by atoms with Crippen LogP contribution in [0.3, 0.4) is 0 Å². The Morgan fingerprint density at radius 3 is 2.39 bits per heavy atom. The van der Waals surface area contributed by atoms with Gasteiger partial charge in [0.1, 0.15) is 61.0 Å². The number of carbonyl (C=O) groups excluding carboxylic acids is 2. The number of aliphatic hydroxyl groups excluding tert-OH is 8. The molecule has 0 aromatic rings. The van der Waals surface area contributed by atoms with Crippen molar-refractivity contribution in [1.82, 2.24) is 10.6 Å². The van der Waals surface area contributed by atoms with Gasteiger partial charge in [-0.05, 0) is 6.04 Å².